The Morgan fingerprint density at radius 2 is 1.94 bits per heavy atom. The highest BCUT2D eigenvalue weighted by Crippen LogP contribution is 2.08. The van der Waals surface area contributed by atoms with Crippen LogP contribution in [0.3, 0.4) is 0 Å². The average molecular weight is 229 g/mol. The number of nitrogens with one attached hydrogen (secondary N) is 1. The van der Waals surface area contributed by atoms with Gasteiger partial charge in [0.1, 0.15) is 0 Å². The summed E-state index contributed by atoms with van der Waals surface area (Å²) < 4.78 is 0. The van der Waals surface area contributed by atoms with Gasteiger partial charge in [0.05, 0.1) is 22.9 Å². The first-order valence-corrected chi connectivity index (χ1v) is 6.17. The second-order valence-electron chi connectivity index (χ2n) is 4.71. The van der Waals surface area contributed by atoms with Crippen molar-refractivity contribution >= 4 is 11.0 Å². The Kier molecular flexibility index (Phi) is 4.04. The number of para-hydroxylation sites is 2. The molecule has 0 aliphatic heterocycles. The number of fused-ring (bicyclic) bond motifs is 1. The molecule has 0 fully saturated rings. The molecule has 0 atom stereocenters. The molecule has 0 spiro atoms. The molecule has 1 N–H and O–H groups in total. The fourth-order valence-corrected chi connectivity index (χ4v) is 1.69. The van der Waals surface area contributed by atoms with Crippen LogP contribution in [0.4, 0.5) is 0 Å². The molecule has 0 unspecified atom stereocenters. The van der Waals surface area contributed by atoms with E-state index < -0.39 is 0 Å². The van der Waals surface area contributed by atoms with Gasteiger partial charge in [-0.3, -0.25) is 4.98 Å². The third-order valence-corrected chi connectivity index (χ3v) is 2.70. The molecule has 0 saturated heterocycles. The zero-order chi connectivity index (χ0) is 12.1. The van der Waals surface area contributed by atoms with Gasteiger partial charge < -0.3 is 5.32 Å². The summed E-state index contributed by atoms with van der Waals surface area (Å²) in [5, 5.41) is 3.40. The summed E-state index contributed by atoms with van der Waals surface area (Å²) in [7, 11) is 0. The molecule has 2 aromatic rings. The lowest BCUT2D eigenvalue weighted by Gasteiger charge is -2.06. The van der Waals surface area contributed by atoms with Gasteiger partial charge >= 0.3 is 0 Å². The molecule has 3 nitrogen and oxygen atoms in total. The van der Waals surface area contributed by atoms with E-state index >= 15 is 0 Å². The summed E-state index contributed by atoms with van der Waals surface area (Å²) in [6.07, 6.45) is 3.05. The standard InChI is InChI=1S/C14H19N3/c1-11(2)7-8-15-9-12-10-16-13-5-3-4-6-14(13)17-12/h3-6,10-11,15H,7-9H2,1-2H3. The maximum Gasteiger partial charge on any atom is 0.0890 e. The van der Waals surface area contributed by atoms with Crippen molar-refractivity contribution in [3.8, 4) is 0 Å². The van der Waals surface area contributed by atoms with E-state index in [0.717, 1.165) is 35.7 Å². The maximum absolute atomic E-state index is 4.57. The summed E-state index contributed by atoms with van der Waals surface area (Å²) in [5.74, 6) is 0.741. The molecule has 1 heterocycles. The van der Waals surface area contributed by atoms with Crippen LogP contribution in [-0.2, 0) is 6.54 Å². The largest absolute Gasteiger partial charge is 0.311 e. The second kappa shape index (κ2) is 5.73. The maximum atomic E-state index is 4.57. The molecule has 90 valence electrons. The predicted molar refractivity (Wildman–Crippen MR) is 70.7 cm³/mol. The Morgan fingerprint density at radius 1 is 1.18 bits per heavy atom. The van der Waals surface area contributed by atoms with E-state index in [1.165, 1.54) is 6.42 Å². The number of rotatable bonds is 5. The van der Waals surface area contributed by atoms with Gasteiger partial charge in [0.15, 0.2) is 0 Å². The van der Waals surface area contributed by atoms with Crippen LogP contribution in [0.15, 0.2) is 30.5 Å². The first kappa shape index (κ1) is 12.0. The first-order chi connectivity index (χ1) is 8.25. The smallest absolute Gasteiger partial charge is 0.0890 e. The third-order valence-electron chi connectivity index (χ3n) is 2.70. The minimum absolute atomic E-state index is 0.741. The number of nitrogens with zero attached hydrogens (tertiary/aromatic N) is 2. The minimum atomic E-state index is 0.741. The van der Waals surface area contributed by atoms with Crippen molar-refractivity contribution in [1.82, 2.24) is 15.3 Å². The van der Waals surface area contributed by atoms with Crippen molar-refractivity contribution in [2.75, 3.05) is 6.54 Å². The quantitative estimate of drug-likeness (QED) is 0.801. The molecule has 0 aliphatic carbocycles. The fourth-order valence-electron chi connectivity index (χ4n) is 1.69. The Hall–Kier alpha value is -1.48. The van der Waals surface area contributed by atoms with Crippen LogP contribution in [0, 0.1) is 5.92 Å². The monoisotopic (exact) mass is 229 g/mol. The molecule has 0 bridgehead atoms. The molecule has 1 aromatic carbocycles. The number of aromatic nitrogens is 2. The molecular formula is C14H19N3. The van der Waals surface area contributed by atoms with E-state index in [2.05, 4.69) is 29.1 Å². The molecular weight excluding hydrogens is 210 g/mol. The number of hydrogen-bond acceptors (Lipinski definition) is 3. The van der Waals surface area contributed by atoms with E-state index in [9.17, 15) is 0 Å². The van der Waals surface area contributed by atoms with Crippen molar-refractivity contribution in [3.63, 3.8) is 0 Å². The Morgan fingerprint density at radius 3 is 2.71 bits per heavy atom. The van der Waals surface area contributed by atoms with Crippen LogP contribution in [0.2, 0.25) is 0 Å². The molecule has 2 rings (SSSR count). The molecule has 17 heavy (non-hydrogen) atoms. The van der Waals surface area contributed by atoms with Gasteiger partial charge in [0.2, 0.25) is 0 Å². The molecule has 1 aromatic heterocycles. The van der Waals surface area contributed by atoms with Gasteiger partial charge in [-0.25, -0.2) is 4.98 Å². The van der Waals surface area contributed by atoms with E-state index in [0.29, 0.717) is 0 Å². The van der Waals surface area contributed by atoms with Crippen LogP contribution in [-0.4, -0.2) is 16.5 Å². The molecule has 0 radical (unpaired) electrons. The highest BCUT2D eigenvalue weighted by atomic mass is 14.9. The van der Waals surface area contributed by atoms with Gasteiger partial charge in [-0.2, -0.15) is 0 Å². The SMILES string of the molecule is CC(C)CCNCc1cnc2ccccc2n1. The van der Waals surface area contributed by atoms with Crippen LogP contribution >= 0.6 is 0 Å². The van der Waals surface area contributed by atoms with Crippen LogP contribution in [0.1, 0.15) is 26.0 Å². The van der Waals surface area contributed by atoms with Crippen molar-refractivity contribution in [1.29, 1.82) is 0 Å². The number of benzene rings is 1. The van der Waals surface area contributed by atoms with E-state index in [4.69, 9.17) is 0 Å². The Bertz CT molecular complexity index is 480. The topological polar surface area (TPSA) is 37.8 Å². The molecule has 0 aliphatic rings. The molecule has 0 saturated carbocycles. The van der Waals surface area contributed by atoms with Gasteiger partial charge in [-0.15, -0.1) is 0 Å². The van der Waals surface area contributed by atoms with Gasteiger partial charge in [-0.1, -0.05) is 26.0 Å². The number of hydrogen-bond donors (Lipinski definition) is 1. The zero-order valence-electron chi connectivity index (χ0n) is 10.5. The summed E-state index contributed by atoms with van der Waals surface area (Å²) in [5.41, 5.74) is 2.93. The van der Waals surface area contributed by atoms with Crippen molar-refractivity contribution in [2.45, 2.75) is 26.8 Å². The van der Waals surface area contributed by atoms with Crippen LogP contribution in [0.25, 0.3) is 11.0 Å². The highest BCUT2D eigenvalue weighted by Gasteiger charge is 1.99. The highest BCUT2D eigenvalue weighted by molar-refractivity contribution is 5.73. The van der Waals surface area contributed by atoms with E-state index in [1.807, 2.05) is 30.5 Å². The van der Waals surface area contributed by atoms with Gasteiger partial charge in [0.25, 0.3) is 0 Å². The van der Waals surface area contributed by atoms with Crippen LogP contribution < -0.4 is 5.32 Å². The average Bonchev–Trinajstić information content (AvgIpc) is 2.34. The van der Waals surface area contributed by atoms with Gasteiger partial charge in [0, 0.05) is 6.54 Å². The Labute approximate surface area is 102 Å². The predicted octanol–water partition coefficient (Wildman–Crippen LogP) is 2.77. The van der Waals surface area contributed by atoms with E-state index in [1.54, 1.807) is 0 Å². The van der Waals surface area contributed by atoms with Crippen molar-refractivity contribution in [3.05, 3.63) is 36.2 Å². The van der Waals surface area contributed by atoms with Crippen molar-refractivity contribution in [2.24, 2.45) is 5.92 Å². The second-order valence-corrected chi connectivity index (χ2v) is 4.71. The molecule has 3 heteroatoms. The lowest BCUT2D eigenvalue weighted by Crippen LogP contribution is -2.17. The lowest BCUT2D eigenvalue weighted by molar-refractivity contribution is 0.535. The Balaban J connectivity index is 1.95. The van der Waals surface area contributed by atoms with Crippen LogP contribution in [0.5, 0.6) is 0 Å². The van der Waals surface area contributed by atoms with Crippen molar-refractivity contribution < 1.29 is 0 Å². The fraction of sp³-hybridized carbons (Fsp3) is 0.429. The van der Waals surface area contributed by atoms with E-state index in [-0.39, 0.29) is 0 Å². The summed E-state index contributed by atoms with van der Waals surface area (Å²) in [6.45, 7) is 6.30. The summed E-state index contributed by atoms with van der Waals surface area (Å²) in [4.78, 5) is 8.96. The zero-order valence-corrected chi connectivity index (χ0v) is 10.5. The normalized spacial score (nSPS) is 11.2. The minimum Gasteiger partial charge on any atom is -0.311 e. The van der Waals surface area contributed by atoms with Gasteiger partial charge in [-0.05, 0) is 31.0 Å². The summed E-state index contributed by atoms with van der Waals surface area (Å²) >= 11 is 0. The third kappa shape index (κ3) is 3.49. The molecule has 0 amide bonds. The first-order valence-electron chi connectivity index (χ1n) is 6.17. The summed E-state index contributed by atoms with van der Waals surface area (Å²) in [6, 6.07) is 7.96. The lowest BCUT2D eigenvalue weighted by atomic mass is 10.1.